The summed E-state index contributed by atoms with van der Waals surface area (Å²) in [4.78, 5) is 42.0. The molecular weight excluding hydrogens is 430 g/mol. The molecule has 2 saturated heterocycles. The molecule has 32 heavy (non-hydrogen) atoms. The fraction of sp³-hybridized carbons (Fsp3) is 0.348. The summed E-state index contributed by atoms with van der Waals surface area (Å²) in [6.45, 7) is -0.444. The molecule has 0 saturated carbocycles. The molecule has 2 aromatic rings. The molecule has 1 N–H and O–H groups in total. The lowest BCUT2D eigenvalue weighted by Gasteiger charge is -2.30. The molecule has 2 heterocycles. The first-order valence-electron chi connectivity index (χ1n) is 10.6. The van der Waals surface area contributed by atoms with Gasteiger partial charge >= 0.3 is 6.03 Å². The monoisotopic (exact) mass is 453 g/mol. The number of fused-ring (bicyclic) bond motifs is 2. The van der Waals surface area contributed by atoms with Gasteiger partial charge in [-0.1, -0.05) is 42.5 Å². The van der Waals surface area contributed by atoms with Gasteiger partial charge in [0.1, 0.15) is 12.1 Å². The number of amides is 4. The van der Waals surface area contributed by atoms with Crippen LogP contribution in [0, 0.1) is 0 Å². The number of rotatable bonds is 4. The number of nitrogens with one attached hydrogen (secondary N) is 1. The first kappa shape index (κ1) is 20.7. The molecule has 1 spiro atoms. The summed E-state index contributed by atoms with van der Waals surface area (Å²) < 4.78 is 24.1. The van der Waals surface area contributed by atoms with Crippen LogP contribution in [-0.2, 0) is 31.4 Å². The van der Waals surface area contributed by atoms with Gasteiger partial charge in [0.2, 0.25) is 5.91 Å². The number of aryl methyl sites for hydroxylation is 1. The SMILES string of the molecule is O=C1N[C@]2(CCc3ccccc32)C(=O)N1CC(=O)N(c1ccccc1)[C@H]1CCS(=O)(=O)C1. The van der Waals surface area contributed by atoms with Crippen LogP contribution in [0.3, 0.4) is 0 Å². The van der Waals surface area contributed by atoms with Crippen LogP contribution >= 0.6 is 0 Å². The first-order chi connectivity index (χ1) is 15.3. The topological polar surface area (TPSA) is 104 Å². The Bertz CT molecular complexity index is 1210. The number of carbonyl (C=O) groups is 3. The zero-order valence-electron chi connectivity index (χ0n) is 17.4. The van der Waals surface area contributed by atoms with Crippen molar-refractivity contribution >= 4 is 33.4 Å². The summed E-state index contributed by atoms with van der Waals surface area (Å²) in [7, 11) is -3.24. The second-order valence-corrected chi connectivity index (χ2v) is 10.8. The van der Waals surface area contributed by atoms with Gasteiger partial charge in [-0.15, -0.1) is 0 Å². The number of para-hydroxylation sites is 1. The molecule has 5 rings (SSSR count). The Hall–Kier alpha value is -3.20. The molecule has 0 bridgehead atoms. The zero-order valence-corrected chi connectivity index (χ0v) is 18.2. The number of hydrogen-bond donors (Lipinski definition) is 1. The smallest absolute Gasteiger partial charge is 0.319 e. The van der Waals surface area contributed by atoms with Crippen molar-refractivity contribution in [3.8, 4) is 0 Å². The van der Waals surface area contributed by atoms with Crippen molar-refractivity contribution in [2.24, 2.45) is 0 Å². The van der Waals surface area contributed by atoms with Gasteiger partial charge in [-0.25, -0.2) is 13.2 Å². The van der Waals surface area contributed by atoms with Crippen molar-refractivity contribution in [3.63, 3.8) is 0 Å². The summed E-state index contributed by atoms with van der Waals surface area (Å²) in [5, 5.41) is 2.82. The van der Waals surface area contributed by atoms with Gasteiger partial charge in [-0.2, -0.15) is 0 Å². The normalized spacial score (nSPS) is 25.8. The third-order valence-corrected chi connectivity index (χ3v) is 8.34. The van der Waals surface area contributed by atoms with E-state index in [1.165, 1.54) is 4.90 Å². The largest absolute Gasteiger partial charge is 0.325 e. The predicted octanol–water partition coefficient (Wildman–Crippen LogP) is 1.60. The molecule has 8 nitrogen and oxygen atoms in total. The lowest BCUT2D eigenvalue weighted by molar-refractivity contribution is -0.134. The minimum Gasteiger partial charge on any atom is -0.319 e. The van der Waals surface area contributed by atoms with Gasteiger partial charge in [0.05, 0.1) is 17.5 Å². The Balaban J connectivity index is 1.43. The summed E-state index contributed by atoms with van der Waals surface area (Å²) in [6, 6.07) is 15.1. The van der Waals surface area contributed by atoms with E-state index in [1.54, 1.807) is 30.3 Å². The predicted molar refractivity (Wildman–Crippen MR) is 118 cm³/mol. The fourth-order valence-electron chi connectivity index (χ4n) is 5.07. The summed E-state index contributed by atoms with van der Waals surface area (Å²) in [6.07, 6.45) is 1.44. The van der Waals surface area contributed by atoms with Crippen LogP contribution in [0.4, 0.5) is 10.5 Å². The van der Waals surface area contributed by atoms with Crippen LogP contribution < -0.4 is 10.2 Å². The number of imide groups is 1. The van der Waals surface area contributed by atoms with Crippen LogP contribution in [0.5, 0.6) is 0 Å². The highest BCUT2D eigenvalue weighted by Crippen LogP contribution is 2.41. The number of nitrogens with zero attached hydrogens (tertiary/aromatic N) is 2. The van der Waals surface area contributed by atoms with Gasteiger partial charge in [0, 0.05) is 5.69 Å². The molecule has 9 heteroatoms. The lowest BCUT2D eigenvalue weighted by Crippen LogP contribution is -2.48. The molecule has 3 aliphatic rings. The van der Waals surface area contributed by atoms with E-state index in [9.17, 15) is 22.8 Å². The third kappa shape index (κ3) is 3.28. The van der Waals surface area contributed by atoms with Crippen molar-refractivity contribution in [1.29, 1.82) is 0 Å². The molecule has 2 atom stereocenters. The molecular formula is C23H23N3O5S. The zero-order chi connectivity index (χ0) is 22.5. The van der Waals surface area contributed by atoms with Crippen molar-refractivity contribution in [1.82, 2.24) is 10.2 Å². The molecule has 2 aliphatic heterocycles. The van der Waals surface area contributed by atoms with Crippen LogP contribution in [0.25, 0.3) is 0 Å². The second-order valence-electron chi connectivity index (χ2n) is 8.54. The number of urea groups is 1. The molecule has 2 aromatic carbocycles. The maximum Gasteiger partial charge on any atom is 0.325 e. The van der Waals surface area contributed by atoms with E-state index in [-0.39, 0.29) is 11.5 Å². The van der Waals surface area contributed by atoms with E-state index in [4.69, 9.17) is 0 Å². The maximum absolute atomic E-state index is 13.4. The minimum atomic E-state index is -3.24. The maximum atomic E-state index is 13.4. The molecule has 4 amide bonds. The molecule has 1 aliphatic carbocycles. The van der Waals surface area contributed by atoms with E-state index in [0.717, 1.165) is 16.0 Å². The van der Waals surface area contributed by atoms with E-state index in [1.807, 2.05) is 24.3 Å². The van der Waals surface area contributed by atoms with Gasteiger partial charge < -0.3 is 10.2 Å². The second kappa shape index (κ2) is 7.44. The standard InChI is InChI=1S/C23H23N3O5S/c27-20(26(17-7-2-1-3-8-17)18-11-13-32(30,31)15-18)14-25-21(28)23(24-22(25)29)12-10-16-6-4-5-9-19(16)23/h1-9,18H,10-15H2,(H,24,29)/t18-,23-/m0/s1. The van der Waals surface area contributed by atoms with Crippen molar-refractivity contribution in [2.75, 3.05) is 23.0 Å². The Morgan fingerprint density at radius 2 is 1.81 bits per heavy atom. The number of anilines is 1. The fourth-order valence-corrected chi connectivity index (χ4v) is 6.77. The van der Waals surface area contributed by atoms with E-state index in [0.29, 0.717) is 24.9 Å². The van der Waals surface area contributed by atoms with Crippen LogP contribution in [-0.4, -0.2) is 55.3 Å². The summed E-state index contributed by atoms with van der Waals surface area (Å²) in [5.74, 6) is -1.04. The van der Waals surface area contributed by atoms with Gasteiger partial charge in [-0.05, 0) is 42.5 Å². The number of carbonyl (C=O) groups excluding carboxylic acids is 3. The van der Waals surface area contributed by atoms with Gasteiger partial charge in [0.25, 0.3) is 5.91 Å². The van der Waals surface area contributed by atoms with E-state index >= 15 is 0 Å². The Morgan fingerprint density at radius 1 is 1.09 bits per heavy atom. The van der Waals surface area contributed by atoms with Crippen LogP contribution in [0.15, 0.2) is 54.6 Å². The van der Waals surface area contributed by atoms with Crippen molar-refractivity contribution in [3.05, 3.63) is 65.7 Å². The summed E-state index contributed by atoms with van der Waals surface area (Å²) in [5.41, 5.74) is 1.20. The highest BCUT2D eigenvalue weighted by molar-refractivity contribution is 7.91. The van der Waals surface area contributed by atoms with Crippen molar-refractivity contribution in [2.45, 2.75) is 30.8 Å². The minimum absolute atomic E-state index is 0.0112. The van der Waals surface area contributed by atoms with Crippen LogP contribution in [0.1, 0.15) is 24.0 Å². The Morgan fingerprint density at radius 3 is 2.53 bits per heavy atom. The molecule has 0 unspecified atom stereocenters. The lowest BCUT2D eigenvalue weighted by atomic mass is 9.92. The highest BCUT2D eigenvalue weighted by Gasteiger charge is 2.55. The molecule has 166 valence electrons. The van der Waals surface area contributed by atoms with Gasteiger partial charge in [-0.3, -0.25) is 14.5 Å². The van der Waals surface area contributed by atoms with E-state index < -0.39 is 45.8 Å². The van der Waals surface area contributed by atoms with Gasteiger partial charge in [0.15, 0.2) is 9.84 Å². The van der Waals surface area contributed by atoms with Crippen molar-refractivity contribution < 1.29 is 22.8 Å². The molecule has 0 aromatic heterocycles. The molecule has 2 fully saturated rings. The third-order valence-electron chi connectivity index (χ3n) is 6.59. The first-order valence-corrected chi connectivity index (χ1v) is 12.4. The number of benzene rings is 2. The summed E-state index contributed by atoms with van der Waals surface area (Å²) >= 11 is 0. The van der Waals surface area contributed by atoms with Crippen LogP contribution in [0.2, 0.25) is 0 Å². The highest BCUT2D eigenvalue weighted by atomic mass is 32.2. The Labute approximate surface area is 186 Å². The molecule has 0 radical (unpaired) electrons. The number of sulfone groups is 1. The Kier molecular flexibility index (Phi) is 4.81. The van der Waals surface area contributed by atoms with E-state index in [2.05, 4.69) is 5.32 Å². The average Bonchev–Trinajstić information content (AvgIpc) is 3.40. The number of hydrogen-bond acceptors (Lipinski definition) is 5. The average molecular weight is 454 g/mol. The quantitative estimate of drug-likeness (QED) is 0.709.